The average molecular weight is 241 g/mol. The van der Waals surface area contributed by atoms with E-state index in [1.165, 1.54) is 0 Å². The van der Waals surface area contributed by atoms with Crippen LogP contribution in [0.2, 0.25) is 0 Å². The van der Waals surface area contributed by atoms with E-state index in [1.54, 1.807) is 6.92 Å². The fraction of sp³-hybridized carbons (Fsp3) is 0.750. The summed E-state index contributed by atoms with van der Waals surface area (Å²) in [5, 5.41) is 10.9. The van der Waals surface area contributed by atoms with Crippen molar-refractivity contribution in [2.45, 2.75) is 45.1 Å². The van der Waals surface area contributed by atoms with Gasteiger partial charge in [-0.3, -0.25) is 14.9 Å². The van der Waals surface area contributed by atoms with Gasteiger partial charge in [0.25, 0.3) is 0 Å². The van der Waals surface area contributed by atoms with Gasteiger partial charge >= 0.3 is 0 Å². The third kappa shape index (κ3) is 3.84. The molecule has 0 radical (unpaired) electrons. The second-order valence-corrected chi connectivity index (χ2v) is 4.38. The van der Waals surface area contributed by atoms with Gasteiger partial charge in [0.2, 0.25) is 6.04 Å². The second kappa shape index (κ2) is 6.37. The SMILES string of the molecule is C=C(OCC)C(=O)C[C@@H]1CCCC[C@H]1[N+](=O)[O-]. The van der Waals surface area contributed by atoms with Gasteiger partial charge in [0.05, 0.1) is 6.61 Å². The lowest BCUT2D eigenvalue weighted by Crippen LogP contribution is -2.33. The Morgan fingerprint density at radius 2 is 2.12 bits per heavy atom. The van der Waals surface area contributed by atoms with Crippen molar-refractivity contribution in [2.24, 2.45) is 5.92 Å². The van der Waals surface area contributed by atoms with Crippen LogP contribution >= 0.6 is 0 Å². The van der Waals surface area contributed by atoms with E-state index in [9.17, 15) is 14.9 Å². The van der Waals surface area contributed by atoms with Gasteiger partial charge in [-0.15, -0.1) is 0 Å². The van der Waals surface area contributed by atoms with Gasteiger partial charge in [0.1, 0.15) is 0 Å². The highest BCUT2D eigenvalue weighted by atomic mass is 16.6. The van der Waals surface area contributed by atoms with E-state index in [0.29, 0.717) is 13.0 Å². The predicted molar refractivity (Wildman–Crippen MR) is 63.1 cm³/mol. The molecule has 1 saturated carbocycles. The molecule has 1 aliphatic carbocycles. The maximum Gasteiger partial charge on any atom is 0.216 e. The maximum absolute atomic E-state index is 11.7. The molecule has 5 heteroatoms. The number of ether oxygens (including phenoxy) is 1. The number of rotatable bonds is 6. The number of carbonyl (C=O) groups is 1. The average Bonchev–Trinajstić information content (AvgIpc) is 2.29. The third-order valence-electron chi connectivity index (χ3n) is 3.22. The monoisotopic (exact) mass is 241 g/mol. The summed E-state index contributed by atoms with van der Waals surface area (Å²) in [6.07, 6.45) is 3.35. The Hall–Kier alpha value is -1.39. The summed E-state index contributed by atoms with van der Waals surface area (Å²) in [5.74, 6) is -0.241. The predicted octanol–water partition coefficient (Wildman–Crippen LogP) is 2.33. The van der Waals surface area contributed by atoms with E-state index in [-0.39, 0.29) is 28.8 Å². The zero-order valence-corrected chi connectivity index (χ0v) is 10.2. The molecule has 17 heavy (non-hydrogen) atoms. The quantitative estimate of drug-likeness (QED) is 0.310. The number of nitrogens with zero attached hydrogens (tertiary/aromatic N) is 1. The molecule has 1 rings (SSSR count). The molecule has 1 aliphatic rings. The standard InChI is InChI=1S/C12H19NO4/c1-3-17-9(2)12(14)8-10-6-4-5-7-11(10)13(15)16/h10-11H,2-8H2,1H3/t10-,11+/m0/s1. The summed E-state index contributed by atoms with van der Waals surface area (Å²) in [6.45, 7) is 5.71. The molecule has 0 unspecified atom stereocenters. The highest BCUT2D eigenvalue weighted by molar-refractivity contribution is 5.92. The molecule has 0 aromatic carbocycles. The highest BCUT2D eigenvalue weighted by Crippen LogP contribution is 2.29. The molecule has 0 saturated heterocycles. The number of ketones is 1. The summed E-state index contributed by atoms with van der Waals surface area (Å²) < 4.78 is 5.03. The van der Waals surface area contributed by atoms with Gasteiger partial charge in [0, 0.05) is 23.7 Å². The number of hydrogen-bond acceptors (Lipinski definition) is 4. The van der Waals surface area contributed by atoms with E-state index < -0.39 is 6.04 Å². The van der Waals surface area contributed by atoms with Crippen molar-refractivity contribution in [3.8, 4) is 0 Å². The van der Waals surface area contributed by atoms with Crippen LogP contribution in [-0.4, -0.2) is 23.4 Å². The van der Waals surface area contributed by atoms with Gasteiger partial charge in [-0.25, -0.2) is 0 Å². The van der Waals surface area contributed by atoms with Crippen LogP contribution in [-0.2, 0) is 9.53 Å². The van der Waals surface area contributed by atoms with Crippen LogP contribution in [0.1, 0.15) is 39.0 Å². The number of hydrogen-bond donors (Lipinski definition) is 0. The van der Waals surface area contributed by atoms with Crippen molar-refractivity contribution in [3.63, 3.8) is 0 Å². The summed E-state index contributed by atoms with van der Waals surface area (Å²) in [7, 11) is 0. The number of allylic oxidation sites excluding steroid dienone is 1. The van der Waals surface area contributed by atoms with Gasteiger partial charge in [-0.2, -0.15) is 0 Å². The van der Waals surface area contributed by atoms with Gasteiger partial charge in [-0.05, 0) is 19.8 Å². The Labute approximate surface area is 101 Å². The van der Waals surface area contributed by atoms with Gasteiger partial charge < -0.3 is 4.74 Å². The van der Waals surface area contributed by atoms with Crippen LogP contribution in [0.25, 0.3) is 0 Å². The van der Waals surface area contributed by atoms with Gasteiger partial charge in [-0.1, -0.05) is 13.0 Å². The molecule has 0 heterocycles. The molecular formula is C12H19NO4. The minimum atomic E-state index is -0.581. The zero-order valence-electron chi connectivity index (χ0n) is 10.2. The van der Waals surface area contributed by atoms with Crippen molar-refractivity contribution in [2.75, 3.05) is 6.61 Å². The fourth-order valence-electron chi connectivity index (χ4n) is 2.31. The smallest absolute Gasteiger partial charge is 0.216 e. The Morgan fingerprint density at radius 3 is 2.71 bits per heavy atom. The largest absolute Gasteiger partial charge is 0.491 e. The molecule has 0 bridgehead atoms. The Morgan fingerprint density at radius 1 is 1.47 bits per heavy atom. The molecule has 0 spiro atoms. The van der Waals surface area contributed by atoms with E-state index >= 15 is 0 Å². The van der Waals surface area contributed by atoms with Crippen LogP contribution in [0.3, 0.4) is 0 Å². The molecule has 96 valence electrons. The van der Waals surface area contributed by atoms with Crippen molar-refractivity contribution < 1.29 is 14.5 Å². The Balaban J connectivity index is 2.55. The molecule has 2 atom stereocenters. The first kappa shape index (κ1) is 13.7. The third-order valence-corrected chi connectivity index (χ3v) is 3.22. The summed E-state index contributed by atoms with van der Waals surface area (Å²) in [4.78, 5) is 22.4. The summed E-state index contributed by atoms with van der Waals surface area (Å²) in [6, 6.07) is -0.581. The normalized spacial score (nSPS) is 24.1. The lowest BCUT2D eigenvalue weighted by Gasteiger charge is -2.24. The first-order valence-electron chi connectivity index (χ1n) is 6.04. The van der Waals surface area contributed by atoms with Crippen molar-refractivity contribution in [1.29, 1.82) is 0 Å². The van der Waals surface area contributed by atoms with E-state index in [4.69, 9.17) is 4.74 Å². The minimum absolute atomic E-state index is 0.125. The fourth-order valence-corrected chi connectivity index (χ4v) is 2.31. The molecule has 0 amide bonds. The van der Waals surface area contributed by atoms with Crippen LogP contribution in [0.5, 0.6) is 0 Å². The highest BCUT2D eigenvalue weighted by Gasteiger charge is 2.35. The lowest BCUT2D eigenvalue weighted by molar-refractivity contribution is -0.535. The molecule has 0 aromatic heterocycles. The summed E-state index contributed by atoms with van der Waals surface area (Å²) >= 11 is 0. The Kier molecular flexibility index (Phi) is 5.12. The van der Waals surface area contributed by atoms with Crippen LogP contribution < -0.4 is 0 Å². The first-order chi connectivity index (χ1) is 8.06. The van der Waals surface area contributed by atoms with Crippen molar-refractivity contribution in [1.82, 2.24) is 0 Å². The minimum Gasteiger partial charge on any atom is -0.491 e. The van der Waals surface area contributed by atoms with Crippen LogP contribution in [0, 0.1) is 16.0 Å². The first-order valence-corrected chi connectivity index (χ1v) is 6.04. The maximum atomic E-state index is 11.7. The van der Waals surface area contributed by atoms with E-state index in [2.05, 4.69) is 6.58 Å². The van der Waals surface area contributed by atoms with Crippen LogP contribution in [0.15, 0.2) is 12.3 Å². The number of nitro groups is 1. The molecule has 0 aromatic rings. The lowest BCUT2D eigenvalue weighted by atomic mass is 9.81. The number of carbonyl (C=O) groups excluding carboxylic acids is 1. The molecular weight excluding hydrogens is 222 g/mol. The number of Topliss-reactive ketones (excluding diaryl/α,β-unsaturated/α-hetero) is 1. The van der Waals surface area contributed by atoms with Crippen molar-refractivity contribution in [3.05, 3.63) is 22.5 Å². The summed E-state index contributed by atoms with van der Waals surface area (Å²) in [5.41, 5.74) is 0. The van der Waals surface area contributed by atoms with Gasteiger partial charge in [0.15, 0.2) is 11.5 Å². The molecule has 0 aliphatic heterocycles. The molecule has 5 nitrogen and oxygen atoms in total. The van der Waals surface area contributed by atoms with E-state index in [0.717, 1.165) is 19.3 Å². The molecule has 0 N–H and O–H groups in total. The second-order valence-electron chi connectivity index (χ2n) is 4.38. The topological polar surface area (TPSA) is 69.4 Å². The Bertz CT molecular complexity index is 314. The van der Waals surface area contributed by atoms with E-state index in [1.807, 2.05) is 0 Å². The van der Waals surface area contributed by atoms with Crippen LogP contribution in [0.4, 0.5) is 0 Å². The zero-order chi connectivity index (χ0) is 12.8. The molecule has 1 fully saturated rings. The van der Waals surface area contributed by atoms with Crippen molar-refractivity contribution >= 4 is 5.78 Å².